The molecular formula is C24H29ClN2O6. The molecule has 3 aliphatic rings. The number of rotatable bonds is 9. The number of fused-ring (bicyclic) bond motifs is 1. The van der Waals surface area contributed by atoms with Gasteiger partial charge in [0, 0.05) is 30.4 Å². The topological polar surface area (TPSA) is 107 Å². The van der Waals surface area contributed by atoms with Gasteiger partial charge < -0.3 is 24.7 Å². The average molecular weight is 477 g/mol. The number of anilines is 1. The summed E-state index contributed by atoms with van der Waals surface area (Å²) in [5.74, 6) is -3.77. The van der Waals surface area contributed by atoms with E-state index in [4.69, 9.17) is 16.3 Å². The fourth-order valence-electron chi connectivity index (χ4n) is 6.07. The SMILES string of the molecule is C=CCN(C(=O)C1N(CCCO)C(=O)[C@@H]2[C@H](C(=O)O)[C@]3(CC)CCC12O3)c1ccc(Cl)cc1. The highest BCUT2D eigenvalue weighted by atomic mass is 35.5. The maximum Gasteiger partial charge on any atom is 0.310 e. The van der Waals surface area contributed by atoms with Crippen LogP contribution in [-0.2, 0) is 19.1 Å². The molecule has 2 amide bonds. The molecule has 1 aromatic carbocycles. The Morgan fingerprint density at radius 2 is 2.03 bits per heavy atom. The molecule has 4 rings (SSSR count). The van der Waals surface area contributed by atoms with Crippen molar-refractivity contribution in [2.24, 2.45) is 11.8 Å². The number of hydrogen-bond donors (Lipinski definition) is 2. The van der Waals surface area contributed by atoms with Gasteiger partial charge in [0.05, 0.1) is 11.5 Å². The van der Waals surface area contributed by atoms with E-state index in [2.05, 4.69) is 6.58 Å². The second-order valence-electron chi connectivity index (χ2n) is 8.99. The lowest BCUT2D eigenvalue weighted by Gasteiger charge is -2.36. The first-order valence-electron chi connectivity index (χ1n) is 11.3. The summed E-state index contributed by atoms with van der Waals surface area (Å²) in [4.78, 5) is 43.0. The molecule has 2 bridgehead atoms. The zero-order chi connectivity index (χ0) is 24.0. The van der Waals surface area contributed by atoms with Gasteiger partial charge in [0.2, 0.25) is 5.91 Å². The summed E-state index contributed by atoms with van der Waals surface area (Å²) < 4.78 is 6.49. The minimum absolute atomic E-state index is 0.140. The van der Waals surface area contributed by atoms with Crippen LogP contribution < -0.4 is 4.90 Å². The molecule has 2 N–H and O–H groups in total. The van der Waals surface area contributed by atoms with Gasteiger partial charge in [0.1, 0.15) is 17.6 Å². The highest BCUT2D eigenvalue weighted by molar-refractivity contribution is 6.30. The number of aliphatic hydroxyl groups is 1. The number of aliphatic carboxylic acids is 1. The lowest BCUT2D eigenvalue weighted by molar-refractivity contribution is -0.155. The van der Waals surface area contributed by atoms with Crippen molar-refractivity contribution < 1.29 is 29.3 Å². The van der Waals surface area contributed by atoms with Gasteiger partial charge in [-0.1, -0.05) is 24.6 Å². The van der Waals surface area contributed by atoms with E-state index < -0.39 is 35.0 Å². The van der Waals surface area contributed by atoms with Crippen molar-refractivity contribution in [1.29, 1.82) is 0 Å². The predicted octanol–water partition coefficient (Wildman–Crippen LogP) is 2.48. The average Bonchev–Trinajstić information content (AvgIpc) is 3.40. The number of ether oxygens (including phenoxy) is 1. The summed E-state index contributed by atoms with van der Waals surface area (Å²) >= 11 is 6.02. The molecule has 0 aromatic heterocycles. The van der Waals surface area contributed by atoms with Crippen molar-refractivity contribution in [2.75, 3.05) is 24.6 Å². The van der Waals surface area contributed by atoms with E-state index in [1.54, 1.807) is 30.3 Å². The molecule has 0 aliphatic carbocycles. The fraction of sp³-hybridized carbons (Fsp3) is 0.542. The largest absolute Gasteiger partial charge is 0.481 e. The van der Waals surface area contributed by atoms with Crippen molar-refractivity contribution >= 4 is 35.1 Å². The molecule has 178 valence electrons. The van der Waals surface area contributed by atoms with E-state index >= 15 is 0 Å². The predicted molar refractivity (Wildman–Crippen MR) is 122 cm³/mol. The van der Waals surface area contributed by atoms with Crippen LogP contribution >= 0.6 is 11.6 Å². The Labute approximate surface area is 197 Å². The van der Waals surface area contributed by atoms with Crippen molar-refractivity contribution in [2.45, 2.75) is 49.9 Å². The number of aliphatic hydroxyl groups excluding tert-OH is 1. The van der Waals surface area contributed by atoms with E-state index in [-0.39, 0.29) is 37.9 Å². The summed E-state index contributed by atoms with van der Waals surface area (Å²) in [5, 5.41) is 20.0. The Balaban J connectivity index is 1.81. The normalized spacial score (nSPS) is 32.2. The lowest BCUT2D eigenvalue weighted by atomic mass is 9.65. The Bertz CT molecular complexity index is 968. The molecule has 5 atom stereocenters. The van der Waals surface area contributed by atoms with Crippen molar-refractivity contribution in [3.8, 4) is 0 Å². The first kappa shape index (κ1) is 23.7. The number of carbonyl (C=O) groups is 3. The maximum atomic E-state index is 14.1. The summed E-state index contributed by atoms with van der Waals surface area (Å²) in [6.07, 6.45) is 3.22. The van der Waals surface area contributed by atoms with Crippen LogP contribution in [0, 0.1) is 11.8 Å². The summed E-state index contributed by atoms with van der Waals surface area (Å²) in [5.41, 5.74) is -1.59. The van der Waals surface area contributed by atoms with E-state index in [1.807, 2.05) is 6.92 Å². The number of carbonyl (C=O) groups excluding carboxylic acids is 2. The summed E-state index contributed by atoms with van der Waals surface area (Å²) in [7, 11) is 0. The number of likely N-dealkylation sites (tertiary alicyclic amines) is 1. The summed E-state index contributed by atoms with van der Waals surface area (Å²) in [6.45, 7) is 5.81. The van der Waals surface area contributed by atoms with Crippen LogP contribution in [-0.4, -0.2) is 69.8 Å². The zero-order valence-electron chi connectivity index (χ0n) is 18.6. The van der Waals surface area contributed by atoms with Crippen molar-refractivity contribution in [1.82, 2.24) is 4.90 Å². The first-order chi connectivity index (χ1) is 15.8. The zero-order valence-corrected chi connectivity index (χ0v) is 19.3. The second-order valence-corrected chi connectivity index (χ2v) is 9.43. The van der Waals surface area contributed by atoms with Crippen LogP contribution in [0.25, 0.3) is 0 Å². The smallest absolute Gasteiger partial charge is 0.310 e. The molecule has 3 saturated heterocycles. The molecule has 8 nitrogen and oxygen atoms in total. The quantitative estimate of drug-likeness (QED) is 0.530. The number of nitrogens with zero attached hydrogens (tertiary/aromatic N) is 2. The van der Waals surface area contributed by atoms with Gasteiger partial charge >= 0.3 is 5.97 Å². The number of amides is 2. The molecule has 3 fully saturated rings. The van der Waals surface area contributed by atoms with Gasteiger partial charge in [0.25, 0.3) is 5.91 Å². The maximum absolute atomic E-state index is 14.1. The minimum atomic E-state index is -1.21. The van der Waals surface area contributed by atoms with Crippen LogP contribution in [0.15, 0.2) is 36.9 Å². The van der Waals surface area contributed by atoms with E-state index in [1.165, 1.54) is 9.80 Å². The van der Waals surface area contributed by atoms with Crippen molar-refractivity contribution in [3.05, 3.63) is 41.9 Å². The molecule has 0 radical (unpaired) electrons. The molecule has 1 aromatic rings. The van der Waals surface area contributed by atoms with Gasteiger partial charge in [-0.05, 0) is 49.9 Å². The molecule has 3 heterocycles. The van der Waals surface area contributed by atoms with E-state index in [0.717, 1.165) is 0 Å². The standard InChI is InChI=1S/C24H29ClN2O6/c1-3-12-26(16-8-6-15(25)7-9-16)21(30)19-24-11-10-23(4-2,33-24)18(22(31)32)17(24)20(29)27(19)13-5-14-28/h3,6-9,17-19,28H,1,4-5,10-14H2,2H3,(H,31,32)/t17-,18+,19?,23-,24?/m0/s1. The van der Waals surface area contributed by atoms with Crippen LogP contribution in [0.3, 0.4) is 0 Å². The number of hydrogen-bond acceptors (Lipinski definition) is 5. The molecular weight excluding hydrogens is 448 g/mol. The van der Waals surface area contributed by atoms with E-state index in [9.17, 15) is 24.6 Å². The summed E-state index contributed by atoms with van der Waals surface area (Å²) in [6, 6.07) is 5.79. The fourth-order valence-corrected chi connectivity index (χ4v) is 6.20. The Morgan fingerprint density at radius 3 is 2.61 bits per heavy atom. The first-order valence-corrected chi connectivity index (χ1v) is 11.7. The van der Waals surface area contributed by atoms with Gasteiger partial charge in [-0.3, -0.25) is 14.4 Å². The molecule has 33 heavy (non-hydrogen) atoms. The third-order valence-corrected chi connectivity index (χ3v) is 7.71. The van der Waals surface area contributed by atoms with Crippen molar-refractivity contribution in [3.63, 3.8) is 0 Å². The molecule has 1 spiro atoms. The van der Waals surface area contributed by atoms with Gasteiger partial charge in [0.15, 0.2) is 0 Å². The van der Waals surface area contributed by atoms with Gasteiger partial charge in [-0.2, -0.15) is 0 Å². The third kappa shape index (κ3) is 3.47. The number of halogens is 1. The Hall–Kier alpha value is -2.42. The molecule has 0 saturated carbocycles. The minimum Gasteiger partial charge on any atom is -0.481 e. The Morgan fingerprint density at radius 1 is 1.33 bits per heavy atom. The second kappa shape index (κ2) is 8.74. The van der Waals surface area contributed by atoms with Crippen LogP contribution in [0.2, 0.25) is 5.02 Å². The number of benzene rings is 1. The molecule has 3 aliphatic heterocycles. The van der Waals surface area contributed by atoms with E-state index in [0.29, 0.717) is 30.0 Å². The van der Waals surface area contributed by atoms with Gasteiger partial charge in [-0.15, -0.1) is 6.58 Å². The highest BCUT2D eigenvalue weighted by Crippen LogP contribution is 2.64. The monoisotopic (exact) mass is 476 g/mol. The van der Waals surface area contributed by atoms with Crippen LogP contribution in [0.1, 0.15) is 32.6 Å². The highest BCUT2D eigenvalue weighted by Gasteiger charge is 2.79. The molecule has 2 unspecified atom stereocenters. The Kier molecular flexibility index (Phi) is 6.28. The lowest BCUT2D eigenvalue weighted by Crippen LogP contribution is -2.56. The van der Waals surface area contributed by atoms with Gasteiger partial charge in [-0.25, -0.2) is 0 Å². The van der Waals surface area contributed by atoms with Crippen LogP contribution in [0.5, 0.6) is 0 Å². The number of carboxylic acid groups (broad SMARTS) is 1. The third-order valence-electron chi connectivity index (χ3n) is 7.45. The van der Waals surface area contributed by atoms with Crippen LogP contribution in [0.4, 0.5) is 5.69 Å². The number of carboxylic acids is 1. The molecule has 9 heteroatoms.